The van der Waals surface area contributed by atoms with Gasteiger partial charge in [0.1, 0.15) is 17.2 Å². The van der Waals surface area contributed by atoms with Gasteiger partial charge in [-0.3, -0.25) is 14.1 Å². The summed E-state index contributed by atoms with van der Waals surface area (Å²) < 4.78 is 4.61. The number of para-hydroxylation sites is 3. The molecule has 0 unspecified atom stereocenters. The van der Waals surface area contributed by atoms with Crippen molar-refractivity contribution in [2.45, 2.75) is 131 Å². The van der Waals surface area contributed by atoms with Crippen molar-refractivity contribution in [1.29, 1.82) is 0 Å². The van der Waals surface area contributed by atoms with Crippen molar-refractivity contribution in [2.75, 3.05) is 0 Å². The van der Waals surface area contributed by atoms with Gasteiger partial charge in [-0.25, -0.2) is 9.97 Å². The molecule has 1 N–H and O–H groups in total. The number of pyridine rings is 2. The number of rotatable bonds is 6. The number of phenolic OH excluding ortho intramolecular Hbond substituents is 1. The van der Waals surface area contributed by atoms with Gasteiger partial charge in [0.25, 0.3) is 0 Å². The summed E-state index contributed by atoms with van der Waals surface area (Å²) in [6.07, 6.45) is 3.84. The van der Waals surface area contributed by atoms with Crippen LogP contribution in [-0.4, -0.2) is 29.2 Å². The molecule has 4 heterocycles. The van der Waals surface area contributed by atoms with E-state index in [0.717, 1.165) is 83.4 Å². The summed E-state index contributed by atoms with van der Waals surface area (Å²) in [4.78, 5) is 15.7. The molecule has 0 spiro atoms. The molecule has 0 aliphatic rings. The van der Waals surface area contributed by atoms with Crippen LogP contribution in [0.1, 0.15) is 132 Å². The number of nitrogens with zero attached hydrogens (tertiary/aromatic N) is 5. The molecule has 6 nitrogen and oxygen atoms in total. The molecule has 0 atom stereocenters. The maximum atomic E-state index is 11.5. The summed E-state index contributed by atoms with van der Waals surface area (Å²) in [5.74, 6) is 0.855. The Balaban J connectivity index is 0.00000672. The van der Waals surface area contributed by atoms with E-state index >= 15 is 0 Å². The minimum absolute atomic E-state index is 0. The van der Waals surface area contributed by atoms with Crippen LogP contribution in [0.4, 0.5) is 0 Å². The first kappa shape index (κ1) is 52.2. The van der Waals surface area contributed by atoms with E-state index in [-0.39, 0.29) is 53.9 Å². The molecule has 0 aliphatic heterocycles. The molecule has 0 amide bonds. The van der Waals surface area contributed by atoms with Crippen LogP contribution in [0.25, 0.3) is 89.2 Å². The van der Waals surface area contributed by atoms with E-state index in [1.807, 2.05) is 36.7 Å². The van der Waals surface area contributed by atoms with Crippen molar-refractivity contribution in [3.8, 4) is 62.0 Å². The zero-order valence-corrected chi connectivity index (χ0v) is 48.1. The van der Waals surface area contributed by atoms with Crippen molar-refractivity contribution in [3.63, 3.8) is 0 Å². The van der Waals surface area contributed by atoms with Crippen molar-refractivity contribution in [1.82, 2.24) is 24.1 Å². The van der Waals surface area contributed by atoms with Gasteiger partial charge in [0.05, 0.1) is 22.1 Å². The summed E-state index contributed by atoms with van der Waals surface area (Å²) in [5.41, 5.74) is 18.0. The molecule has 4 aromatic heterocycles. The molecule has 0 fully saturated rings. The first-order valence-electron chi connectivity index (χ1n) is 25.8. The molecule has 10 rings (SSSR count). The predicted molar refractivity (Wildman–Crippen MR) is 307 cm³/mol. The Kier molecular flexibility index (Phi) is 13.2. The van der Waals surface area contributed by atoms with Gasteiger partial charge >= 0.3 is 0 Å². The fourth-order valence-corrected chi connectivity index (χ4v) is 10.0. The molecule has 74 heavy (non-hydrogen) atoms. The molecule has 0 saturated heterocycles. The Hall–Kier alpha value is -6.62. The molecule has 6 aromatic carbocycles. The Morgan fingerprint density at radius 2 is 0.959 bits per heavy atom. The van der Waals surface area contributed by atoms with Crippen LogP contribution in [0, 0.1) is 6.07 Å². The first-order chi connectivity index (χ1) is 34.3. The molecule has 380 valence electrons. The number of phenols is 1. The van der Waals surface area contributed by atoms with Crippen LogP contribution in [0.15, 0.2) is 146 Å². The monoisotopic (exact) mass is 1160 g/mol. The van der Waals surface area contributed by atoms with E-state index in [2.05, 4.69) is 222 Å². The van der Waals surface area contributed by atoms with Crippen LogP contribution in [0.2, 0.25) is 0 Å². The van der Waals surface area contributed by atoms with Crippen molar-refractivity contribution in [2.24, 2.45) is 0 Å². The minimum Gasteiger partial charge on any atom is -0.507 e. The molecule has 0 saturated carbocycles. The largest absolute Gasteiger partial charge is 0.507 e. The quantitative estimate of drug-likeness (QED) is 0.169. The summed E-state index contributed by atoms with van der Waals surface area (Å²) in [5, 5.41) is 13.7. The van der Waals surface area contributed by atoms with E-state index in [0.29, 0.717) is 11.4 Å². The molecular weight excluding hydrogens is 1090 g/mol. The van der Waals surface area contributed by atoms with E-state index in [9.17, 15) is 5.11 Å². The van der Waals surface area contributed by atoms with Gasteiger partial charge in [-0.05, 0) is 116 Å². The summed E-state index contributed by atoms with van der Waals surface area (Å²) in [7, 11) is 0. The zero-order valence-electron chi connectivity index (χ0n) is 45.9. The number of aromatic hydroxyl groups is 1. The predicted octanol–water partition coefficient (Wildman–Crippen LogP) is 17.6. The maximum absolute atomic E-state index is 11.5. The van der Waals surface area contributed by atoms with Crippen LogP contribution >= 0.6 is 0 Å². The van der Waals surface area contributed by atoms with Crippen molar-refractivity contribution in [3.05, 3.63) is 180 Å². The first-order valence-corrected chi connectivity index (χ1v) is 25.8. The summed E-state index contributed by atoms with van der Waals surface area (Å²) in [6.45, 7) is 34.1. The topological polar surface area (TPSA) is 68.8 Å². The zero-order chi connectivity index (χ0) is 52.2. The van der Waals surface area contributed by atoms with Gasteiger partial charge in [0.15, 0.2) is 0 Å². The van der Waals surface area contributed by atoms with Crippen molar-refractivity contribution >= 4 is 33.0 Å². The standard InChI is InChI=1S/C67H70N5O.Pt/c1-63(2,3)44-32-42(51-22-19-26-57-59(51)70-62(55-21-16-17-27-58(55)73)71(57)49-37-45(64(4,5)6)35-46(38-49)65(7,8)9)31-43(33-44)56-34-41(28-30-68-56)52-23-18-24-53-54-25-20-29-69-61(54)72(60(52)53)50-39-47(66(10,11)12)36-48(40-50)67(13,14)15;/h16-30,32-40,73H,1-15H3;/q-1;. The van der Waals surface area contributed by atoms with Crippen LogP contribution in [0.5, 0.6) is 5.75 Å². The average molecular weight is 1160 g/mol. The fraction of sp³-hybridized carbons (Fsp3) is 0.299. The van der Waals surface area contributed by atoms with Crippen LogP contribution in [0.3, 0.4) is 0 Å². The van der Waals surface area contributed by atoms with Crippen LogP contribution < -0.4 is 0 Å². The van der Waals surface area contributed by atoms with Gasteiger partial charge in [-0.15, -0.1) is 29.3 Å². The Morgan fingerprint density at radius 1 is 0.446 bits per heavy atom. The third-order valence-corrected chi connectivity index (χ3v) is 14.6. The molecule has 7 heteroatoms. The molecule has 0 radical (unpaired) electrons. The molecular formula is C67H70N5OPt-. The van der Waals surface area contributed by atoms with Gasteiger partial charge in [0, 0.05) is 66.9 Å². The van der Waals surface area contributed by atoms with Crippen LogP contribution in [-0.2, 0) is 48.1 Å². The number of hydrogen-bond donors (Lipinski definition) is 1. The smallest absolute Gasteiger partial charge is 0.148 e. The Morgan fingerprint density at radius 3 is 1.55 bits per heavy atom. The number of fused-ring (bicyclic) bond motifs is 4. The number of hydrogen-bond acceptors (Lipinski definition) is 4. The number of benzene rings is 6. The number of imidazole rings is 1. The Bertz CT molecular complexity index is 3720. The second-order valence-electron chi connectivity index (χ2n) is 25.3. The second kappa shape index (κ2) is 18.6. The van der Waals surface area contributed by atoms with Gasteiger partial charge in [0.2, 0.25) is 0 Å². The maximum Gasteiger partial charge on any atom is 0.148 e. The third kappa shape index (κ3) is 9.67. The van der Waals surface area contributed by atoms with E-state index in [4.69, 9.17) is 15.0 Å². The fourth-order valence-electron chi connectivity index (χ4n) is 10.0. The molecule has 0 bridgehead atoms. The van der Waals surface area contributed by atoms with Crippen molar-refractivity contribution < 1.29 is 26.2 Å². The Labute approximate surface area is 453 Å². The second-order valence-corrected chi connectivity index (χ2v) is 25.3. The average Bonchev–Trinajstić information content (AvgIpc) is 3.89. The molecule has 0 aliphatic carbocycles. The van der Waals surface area contributed by atoms with E-state index < -0.39 is 0 Å². The summed E-state index contributed by atoms with van der Waals surface area (Å²) in [6, 6.07) is 51.6. The third-order valence-electron chi connectivity index (χ3n) is 14.6. The van der Waals surface area contributed by atoms with Gasteiger partial charge in [-0.2, -0.15) is 0 Å². The number of aromatic nitrogens is 5. The normalized spacial score (nSPS) is 12.7. The van der Waals surface area contributed by atoms with E-state index in [1.165, 1.54) is 22.3 Å². The van der Waals surface area contributed by atoms with Gasteiger partial charge < -0.3 is 5.11 Å². The minimum atomic E-state index is -0.200. The summed E-state index contributed by atoms with van der Waals surface area (Å²) >= 11 is 0. The van der Waals surface area contributed by atoms with Gasteiger partial charge in [-0.1, -0.05) is 176 Å². The van der Waals surface area contributed by atoms with E-state index in [1.54, 1.807) is 6.07 Å². The molecule has 10 aromatic rings. The SMILES string of the molecule is CC(C)(C)c1cc(-c2cc(-c3cccc4c5cccnc5n(-c5cc(C(C)(C)C)cc(C(C)(C)C)c5)c34)ccn2)[c-]c(-c2cccc3c2nc(-c2ccccc2O)n3-c2cc(C(C)(C)C)cc(C(C)(C)C)c2)c1.[Pt].